The molecule has 1 aliphatic heterocycles. The van der Waals surface area contributed by atoms with Gasteiger partial charge in [-0.25, -0.2) is 4.98 Å². The summed E-state index contributed by atoms with van der Waals surface area (Å²) in [6.45, 7) is 6.23. The van der Waals surface area contributed by atoms with E-state index in [1.807, 2.05) is 23.6 Å². The average molecular weight is 330 g/mol. The number of fused-ring (bicyclic) bond motifs is 1. The first-order valence-corrected chi connectivity index (χ1v) is 8.52. The molecule has 1 unspecified atom stereocenters. The molecule has 1 amide bonds. The smallest absolute Gasteiger partial charge is 0.224 e. The van der Waals surface area contributed by atoms with E-state index < -0.39 is 0 Å². The lowest BCUT2D eigenvalue weighted by atomic mass is 9.78. The van der Waals surface area contributed by atoms with Crippen LogP contribution in [0, 0.1) is 6.92 Å². The minimum Gasteiger partial charge on any atom is -0.384 e. The fourth-order valence-corrected chi connectivity index (χ4v) is 3.65. The van der Waals surface area contributed by atoms with Gasteiger partial charge >= 0.3 is 0 Å². The van der Waals surface area contributed by atoms with Crippen LogP contribution in [0.2, 0.25) is 0 Å². The minimum atomic E-state index is -0.118. The number of nitrogens with zero attached hydrogens (tertiary/aromatic N) is 4. The second-order valence-electron chi connectivity index (χ2n) is 7.00. The summed E-state index contributed by atoms with van der Waals surface area (Å²) in [6.07, 6.45) is 2.48. The molecule has 3 heterocycles. The zero-order valence-electron chi connectivity index (χ0n) is 15.0. The maximum atomic E-state index is 12.4. The van der Waals surface area contributed by atoms with E-state index in [0.29, 0.717) is 19.6 Å². The Bertz CT molecular complexity index is 755. The Balaban J connectivity index is 1.87. The SMILES string of the molecule is COCCC(=O)N1CCCC(C)(c2ccc3c(C)nn(C)c3n2)C1. The van der Waals surface area contributed by atoms with Crippen molar-refractivity contribution < 1.29 is 9.53 Å². The number of hydrogen-bond acceptors (Lipinski definition) is 4. The van der Waals surface area contributed by atoms with Gasteiger partial charge in [0.2, 0.25) is 5.91 Å². The van der Waals surface area contributed by atoms with E-state index in [9.17, 15) is 4.79 Å². The van der Waals surface area contributed by atoms with Crippen molar-refractivity contribution in [2.45, 2.75) is 38.5 Å². The highest BCUT2D eigenvalue weighted by atomic mass is 16.5. The first-order chi connectivity index (χ1) is 11.4. The molecule has 0 radical (unpaired) electrons. The number of rotatable bonds is 4. The van der Waals surface area contributed by atoms with Crippen LogP contribution in [0.5, 0.6) is 0 Å². The molecule has 6 nitrogen and oxygen atoms in total. The highest BCUT2D eigenvalue weighted by Crippen LogP contribution is 2.34. The Morgan fingerprint density at radius 2 is 2.21 bits per heavy atom. The van der Waals surface area contributed by atoms with Crippen LogP contribution in [0.4, 0.5) is 0 Å². The van der Waals surface area contributed by atoms with Crippen LogP contribution >= 0.6 is 0 Å². The maximum absolute atomic E-state index is 12.4. The Hall–Kier alpha value is -1.95. The number of aryl methyl sites for hydroxylation is 2. The number of carbonyl (C=O) groups is 1. The molecule has 1 fully saturated rings. The zero-order valence-corrected chi connectivity index (χ0v) is 15.0. The van der Waals surface area contributed by atoms with E-state index in [-0.39, 0.29) is 11.3 Å². The van der Waals surface area contributed by atoms with E-state index in [2.05, 4.69) is 24.2 Å². The topological polar surface area (TPSA) is 60.2 Å². The van der Waals surface area contributed by atoms with Gasteiger partial charge in [0, 0.05) is 38.0 Å². The Morgan fingerprint density at radius 3 is 2.96 bits per heavy atom. The number of ether oxygens (including phenoxy) is 1. The van der Waals surface area contributed by atoms with Crippen LogP contribution in [-0.2, 0) is 22.0 Å². The molecule has 0 saturated carbocycles. The summed E-state index contributed by atoms with van der Waals surface area (Å²) < 4.78 is 6.87. The van der Waals surface area contributed by atoms with E-state index in [1.54, 1.807) is 7.11 Å². The van der Waals surface area contributed by atoms with Crippen LogP contribution in [0.3, 0.4) is 0 Å². The fraction of sp³-hybridized carbons (Fsp3) is 0.611. The summed E-state index contributed by atoms with van der Waals surface area (Å²) in [7, 11) is 3.55. The van der Waals surface area contributed by atoms with Gasteiger partial charge in [0.15, 0.2) is 5.65 Å². The summed E-state index contributed by atoms with van der Waals surface area (Å²) in [4.78, 5) is 19.2. The summed E-state index contributed by atoms with van der Waals surface area (Å²) in [5.74, 6) is 0.167. The third-order valence-electron chi connectivity index (χ3n) is 5.06. The van der Waals surface area contributed by atoms with Crippen LogP contribution < -0.4 is 0 Å². The Kier molecular flexibility index (Phi) is 4.58. The Morgan fingerprint density at radius 1 is 1.42 bits per heavy atom. The van der Waals surface area contributed by atoms with Crippen LogP contribution in [0.1, 0.15) is 37.6 Å². The van der Waals surface area contributed by atoms with E-state index >= 15 is 0 Å². The largest absolute Gasteiger partial charge is 0.384 e. The van der Waals surface area contributed by atoms with Crippen molar-refractivity contribution in [2.75, 3.05) is 26.8 Å². The highest BCUT2D eigenvalue weighted by Gasteiger charge is 2.36. The molecule has 1 atom stereocenters. The molecule has 6 heteroatoms. The normalized spacial score (nSPS) is 21.4. The number of methoxy groups -OCH3 is 1. The maximum Gasteiger partial charge on any atom is 0.224 e. The molecule has 0 N–H and O–H groups in total. The van der Waals surface area contributed by atoms with Crippen molar-refractivity contribution in [3.8, 4) is 0 Å². The van der Waals surface area contributed by atoms with Gasteiger partial charge in [0.1, 0.15) is 0 Å². The van der Waals surface area contributed by atoms with Gasteiger partial charge in [0.25, 0.3) is 0 Å². The van der Waals surface area contributed by atoms with Gasteiger partial charge in [0.05, 0.1) is 24.4 Å². The van der Waals surface area contributed by atoms with Gasteiger partial charge in [-0.05, 0) is 31.9 Å². The van der Waals surface area contributed by atoms with E-state index in [0.717, 1.165) is 41.8 Å². The highest BCUT2D eigenvalue weighted by molar-refractivity contribution is 5.78. The molecule has 0 spiro atoms. The molecular formula is C18H26N4O2. The van der Waals surface area contributed by atoms with Crippen LogP contribution in [0.15, 0.2) is 12.1 Å². The summed E-state index contributed by atoms with van der Waals surface area (Å²) in [5, 5.41) is 5.54. The lowest BCUT2D eigenvalue weighted by molar-refractivity contribution is -0.134. The molecule has 2 aromatic rings. The number of amides is 1. The quantitative estimate of drug-likeness (QED) is 0.862. The van der Waals surface area contributed by atoms with Gasteiger partial charge in [-0.3, -0.25) is 9.48 Å². The molecule has 0 aliphatic carbocycles. The molecule has 1 aliphatic rings. The zero-order chi connectivity index (χ0) is 17.3. The van der Waals surface area contributed by atoms with E-state index in [4.69, 9.17) is 9.72 Å². The second kappa shape index (κ2) is 6.51. The van der Waals surface area contributed by atoms with Crippen LogP contribution in [0.25, 0.3) is 11.0 Å². The molecule has 130 valence electrons. The molecule has 3 rings (SSSR count). The first-order valence-electron chi connectivity index (χ1n) is 8.52. The van der Waals surface area contributed by atoms with Gasteiger partial charge in [-0.15, -0.1) is 0 Å². The van der Waals surface area contributed by atoms with Crippen molar-refractivity contribution in [3.63, 3.8) is 0 Å². The number of likely N-dealkylation sites (tertiary alicyclic amines) is 1. The van der Waals surface area contributed by atoms with Crippen molar-refractivity contribution >= 4 is 16.9 Å². The molecule has 0 bridgehead atoms. The van der Waals surface area contributed by atoms with Gasteiger partial charge in [-0.1, -0.05) is 6.92 Å². The van der Waals surface area contributed by atoms with Crippen molar-refractivity contribution in [1.29, 1.82) is 0 Å². The van der Waals surface area contributed by atoms with Crippen LogP contribution in [-0.4, -0.2) is 52.4 Å². The summed E-state index contributed by atoms with van der Waals surface area (Å²) in [5.41, 5.74) is 2.83. The summed E-state index contributed by atoms with van der Waals surface area (Å²) in [6, 6.07) is 4.21. The summed E-state index contributed by atoms with van der Waals surface area (Å²) >= 11 is 0. The van der Waals surface area contributed by atoms with Gasteiger partial charge < -0.3 is 9.64 Å². The Labute approximate surface area is 142 Å². The molecule has 1 saturated heterocycles. The predicted octanol–water partition coefficient (Wildman–Crippen LogP) is 2.19. The molecule has 0 aromatic carbocycles. The van der Waals surface area contributed by atoms with Crippen molar-refractivity contribution in [2.24, 2.45) is 7.05 Å². The standard InChI is InChI=1S/C18H26N4O2/c1-13-14-6-7-15(19-17(14)21(3)20-13)18(2)9-5-10-22(12-18)16(23)8-11-24-4/h6-7H,5,8-12H2,1-4H3. The lowest BCUT2D eigenvalue weighted by Crippen LogP contribution is -2.47. The van der Waals surface area contributed by atoms with Crippen molar-refractivity contribution in [3.05, 3.63) is 23.5 Å². The van der Waals surface area contributed by atoms with Crippen molar-refractivity contribution in [1.82, 2.24) is 19.7 Å². The lowest BCUT2D eigenvalue weighted by Gasteiger charge is -2.40. The number of hydrogen-bond donors (Lipinski definition) is 0. The van der Waals surface area contributed by atoms with E-state index in [1.165, 1.54) is 0 Å². The fourth-order valence-electron chi connectivity index (χ4n) is 3.65. The first kappa shape index (κ1) is 16.9. The second-order valence-corrected chi connectivity index (χ2v) is 7.00. The average Bonchev–Trinajstić information content (AvgIpc) is 2.86. The third kappa shape index (κ3) is 3.02. The third-order valence-corrected chi connectivity index (χ3v) is 5.06. The number of piperidine rings is 1. The number of pyridine rings is 1. The minimum absolute atomic E-state index is 0.118. The predicted molar refractivity (Wildman–Crippen MR) is 92.9 cm³/mol. The number of aromatic nitrogens is 3. The molecule has 2 aromatic heterocycles. The number of carbonyl (C=O) groups excluding carboxylic acids is 1. The molecule has 24 heavy (non-hydrogen) atoms. The monoisotopic (exact) mass is 330 g/mol. The molecular weight excluding hydrogens is 304 g/mol. The van der Waals surface area contributed by atoms with Gasteiger partial charge in [-0.2, -0.15) is 5.10 Å².